The van der Waals surface area contributed by atoms with Crippen molar-refractivity contribution in [1.82, 2.24) is 30.0 Å². The number of fused-ring (bicyclic) bond motifs is 2. The average molecular weight is 438 g/mol. The first-order chi connectivity index (χ1) is 16.2. The second-order valence-electron chi connectivity index (χ2n) is 8.40. The first-order valence-electron chi connectivity index (χ1n) is 11.2. The molecule has 0 aliphatic carbocycles. The molecule has 1 amide bonds. The number of benzene rings is 2. The third kappa shape index (κ3) is 3.80. The highest BCUT2D eigenvalue weighted by Gasteiger charge is 2.20. The molecular formula is C25H23N7O. The molecular weight excluding hydrogens is 414 g/mol. The fourth-order valence-electron chi connectivity index (χ4n) is 4.38. The summed E-state index contributed by atoms with van der Waals surface area (Å²) in [6.45, 7) is 1.67. The molecule has 1 saturated heterocycles. The maximum atomic E-state index is 12.9. The number of amides is 1. The van der Waals surface area contributed by atoms with Crippen LogP contribution in [0.4, 0.5) is 11.5 Å². The van der Waals surface area contributed by atoms with E-state index in [1.165, 1.54) is 6.42 Å². The lowest BCUT2D eigenvalue weighted by Gasteiger charge is -2.26. The van der Waals surface area contributed by atoms with E-state index in [-0.39, 0.29) is 5.91 Å². The fraction of sp³-hybridized carbons (Fsp3) is 0.200. The van der Waals surface area contributed by atoms with E-state index in [4.69, 9.17) is 4.98 Å². The largest absolute Gasteiger partial charge is 0.351 e. The van der Waals surface area contributed by atoms with Crippen molar-refractivity contribution in [2.24, 2.45) is 0 Å². The zero-order valence-electron chi connectivity index (χ0n) is 18.0. The van der Waals surface area contributed by atoms with Gasteiger partial charge >= 0.3 is 0 Å². The first-order valence-corrected chi connectivity index (χ1v) is 11.2. The molecule has 0 unspecified atom stereocenters. The van der Waals surface area contributed by atoms with Crippen LogP contribution in [0.15, 0.2) is 60.9 Å². The lowest BCUT2D eigenvalue weighted by atomic mass is 10.1. The predicted molar refractivity (Wildman–Crippen MR) is 128 cm³/mol. The summed E-state index contributed by atoms with van der Waals surface area (Å²) in [6.07, 6.45) is 6.89. The van der Waals surface area contributed by atoms with Gasteiger partial charge in [0.25, 0.3) is 5.91 Å². The number of hydrogen-bond donors (Lipinski definition) is 3. The number of piperidine rings is 1. The fourth-order valence-corrected chi connectivity index (χ4v) is 4.38. The first kappa shape index (κ1) is 19.5. The van der Waals surface area contributed by atoms with Gasteiger partial charge in [-0.2, -0.15) is 5.10 Å². The molecule has 4 heterocycles. The molecule has 0 atom stereocenters. The van der Waals surface area contributed by atoms with E-state index in [0.29, 0.717) is 17.3 Å². The van der Waals surface area contributed by atoms with E-state index in [2.05, 4.69) is 25.5 Å². The van der Waals surface area contributed by atoms with Crippen molar-refractivity contribution < 1.29 is 4.79 Å². The van der Waals surface area contributed by atoms with Crippen molar-refractivity contribution in [1.29, 1.82) is 0 Å². The Morgan fingerprint density at radius 1 is 0.939 bits per heavy atom. The van der Waals surface area contributed by atoms with Crippen molar-refractivity contribution in [2.75, 3.05) is 18.4 Å². The molecule has 6 rings (SSSR count). The Balaban J connectivity index is 1.26. The molecule has 3 N–H and O–H groups in total. The second-order valence-corrected chi connectivity index (χ2v) is 8.40. The summed E-state index contributed by atoms with van der Waals surface area (Å²) in [6, 6.07) is 15.7. The zero-order chi connectivity index (χ0) is 22.2. The third-order valence-corrected chi connectivity index (χ3v) is 6.12. The minimum absolute atomic E-state index is 0.0736. The lowest BCUT2D eigenvalue weighted by Crippen LogP contribution is -2.35. The molecule has 1 aliphatic heterocycles. The summed E-state index contributed by atoms with van der Waals surface area (Å²) in [5.41, 5.74) is 4.33. The summed E-state index contributed by atoms with van der Waals surface area (Å²) in [7, 11) is 0. The van der Waals surface area contributed by atoms with Crippen LogP contribution in [0.25, 0.3) is 33.2 Å². The lowest BCUT2D eigenvalue weighted by molar-refractivity contribution is 0.0719. The van der Waals surface area contributed by atoms with Crippen LogP contribution in [0.2, 0.25) is 0 Å². The Kier molecular flexibility index (Phi) is 4.75. The van der Waals surface area contributed by atoms with Gasteiger partial charge in [0.05, 0.1) is 11.7 Å². The molecule has 0 bridgehead atoms. The molecule has 8 heteroatoms. The summed E-state index contributed by atoms with van der Waals surface area (Å²) in [5.74, 6) is 1.39. The van der Waals surface area contributed by atoms with Gasteiger partial charge < -0.3 is 15.2 Å². The number of H-pyrrole nitrogens is 2. The number of hydrogen-bond acceptors (Lipinski definition) is 5. The standard InChI is InChI=1S/C25H23N7O/c33-25(32-10-2-1-3-11-32)22-13-16-4-5-17(14-21(16)29-22)24-26-9-8-23(30-24)28-19-6-7-20-18(12-19)15-27-31-20/h4-9,12-15,29H,1-3,10-11H2,(H,27,31)(H,26,28,30). The average Bonchev–Trinajstić information content (AvgIpc) is 3.50. The van der Waals surface area contributed by atoms with Crippen LogP contribution in [0.3, 0.4) is 0 Å². The van der Waals surface area contributed by atoms with Gasteiger partial charge in [-0.15, -0.1) is 0 Å². The number of nitrogens with zero attached hydrogens (tertiary/aromatic N) is 4. The minimum Gasteiger partial charge on any atom is -0.351 e. The van der Waals surface area contributed by atoms with Crippen LogP contribution in [0, 0.1) is 0 Å². The van der Waals surface area contributed by atoms with Gasteiger partial charge in [-0.25, -0.2) is 9.97 Å². The second kappa shape index (κ2) is 8.05. The van der Waals surface area contributed by atoms with Crippen molar-refractivity contribution >= 4 is 39.2 Å². The van der Waals surface area contributed by atoms with Gasteiger partial charge in [-0.05, 0) is 55.7 Å². The van der Waals surface area contributed by atoms with Crippen LogP contribution >= 0.6 is 0 Å². The molecule has 8 nitrogen and oxygen atoms in total. The van der Waals surface area contributed by atoms with Crippen LogP contribution in [-0.2, 0) is 0 Å². The van der Waals surface area contributed by atoms with Gasteiger partial charge in [-0.1, -0.05) is 12.1 Å². The van der Waals surface area contributed by atoms with Gasteiger partial charge in [0.2, 0.25) is 0 Å². The van der Waals surface area contributed by atoms with Crippen molar-refractivity contribution in [2.45, 2.75) is 19.3 Å². The highest BCUT2D eigenvalue weighted by atomic mass is 16.2. The number of carbonyl (C=O) groups is 1. The monoisotopic (exact) mass is 437 g/mol. The van der Waals surface area contributed by atoms with Gasteiger partial charge in [-0.3, -0.25) is 9.89 Å². The third-order valence-electron chi connectivity index (χ3n) is 6.12. The Morgan fingerprint density at radius 3 is 2.76 bits per heavy atom. The highest BCUT2D eigenvalue weighted by Crippen LogP contribution is 2.26. The molecule has 1 aliphatic rings. The SMILES string of the molecule is O=C(c1cc2ccc(-c3nccc(Nc4ccc5[nH]ncc5c4)n3)cc2[nH]1)N1CCCCC1. The maximum Gasteiger partial charge on any atom is 0.270 e. The Morgan fingerprint density at radius 2 is 1.85 bits per heavy atom. The number of nitrogens with one attached hydrogen (secondary N) is 3. The van der Waals surface area contributed by atoms with Crippen molar-refractivity contribution in [3.8, 4) is 11.4 Å². The quantitative estimate of drug-likeness (QED) is 0.372. The number of rotatable bonds is 4. The zero-order valence-corrected chi connectivity index (χ0v) is 18.0. The number of aromatic amines is 2. The number of anilines is 2. The number of carbonyl (C=O) groups excluding carboxylic acids is 1. The van der Waals surface area contributed by atoms with E-state index in [0.717, 1.165) is 59.0 Å². The Hall–Kier alpha value is -4.20. The van der Waals surface area contributed by atoms with Gasteiger partial charge in [0, 0.05) is 46.8 Å². The molecule has 33 heavy (non-hydrogen) atoms. The number of aromatic nitrogens is 5. The molecule has 2 aromatic carbocycles. The molecule has 5 aromatic rings. The Bertz CT molecular complexity index is 1460. The van der Waals surface area contributed by atoms with Crippen LogP contribution < -0.4 is 5.32 Å². The molecule has 164 valence electrons. The van der Waals surface area contributed by atoms with Crippen molar-refractivity contribution in [3.63, 3.8) is 0 Å². The number of likely N-dealkylation sites (tertiary alicyclic amines) is 1. The smallest absolute Gasteiger partial charge is 0.270 e. The molecule has 0 radical (unpaired) electrons. The molecule has 0 saturated carbocycles. The summed E-state index contributed by atoms with van der Waals surface area (Å²) >= 11 is 0. The normalized spacial score (nSPS) is 14.1. The minimum atomic E-state index is 0.0736. The van der Waals surface area contributed by atoms with Crippen LogP contribution in [-0.4, -0.2) is 49.0 Å². The maximum absolute atomic E-state index is 12.9. The van der Waals surface area contributed by atoms with Crippen molar-refractivity contribution in [3.05, 3.63) is 66.6 Å². The van der Waals surface area contributed by atoms with Gasteiger partial charge in [0.1, 0.15) is 11.5 Å². The molecule has 3 aromatic heterocycles. The summed E-state index contributed by atoms with van der Waals surface area (Å²) in [4.78, 5) is 27.3. The van der Waals surface area contributed by atoms with E-state index >= 15 is 0 Å². The van der Waals surface area contributed by atoms with E-state index in [1.54, 1.807) is 12.4 Å². The molecule has 0 spiro atoms. The van der Waals surface area contributed by atoms with Crippen LogP contribution in [0.5, 0.6) is 0 Å². The summed E-state index contributed by atoms with van der Waals surface area (Å²) < 4.78 is 0. The topological polar surface area (TPSA) is 103 Å². The summed E-state index contributed by atoms with van der Waals surface area (Å²) in [5, 5.41) is 12.4. The van der Waals surface area contributed by atoms with E-state index in [9.17, 15) is 4.79 Å². The van der Waals surface area contributed by atoms with E-state index in [1.807, 2.05) is 53.4 Å². The molecule has 1 fully saturated rings. The van der Waals surface area contributed by atoms with E-state index < -0.39 is 0 Å². The van der Waals surface area contributed by atoms with Crippen LogP contribution in [0.1, 0.15) is 29.8 Å². The van der Waals surface area contributed by atoms with Gasteiger partial charge in [0.15, 0.2) is 5.82 Å². The predicted octanol–water partition coefficient (Wildman–Crippen LogP) is 4.87. The highest BCUT2D eigenvalue weighted by molar-refractivity contribution is 5.98. The Labute approximate surface area is 190 Å².